The first-order valence-corrected chi connectivity index (χ1v) is 8.58. The van der Waals surface area contributed by atoms with Gasteiger partial charge in [-0.1, -0.05) is 0 Å². The summed E-state index contributed by atoms with van der Waals surface area (Å²) in [6, 6.07) is 0. The van der Waals surface area contributed by atoms with Crippen molar-refractivity contribution in [3.05, 3.63) is 11.1 Å². The SMILES string of the molecule is C/C(CCSCc1csc(N=C(N)N)n1)=N/NS(=O)[O-]. The van der Waals surface area contributed by atoms with Gasteiger partial charge in [0, 0.05) is 16.8 Å². The summed E-state index contributed by atoms with van der Waals surface area (Å²) in [5, 5.41) is 6.13. The second kappa shape index (κ2) is 8.89. The van der Waals surface area contributed by atoms with Crippen LogP contribution in [0.5, 0.6) is 0 Å². The number of hydrogen-bond acceptors (Lipinski definition) is 7. The zero-order valence-corrected chi connectivity index (χ0v) is 13.2. The summed E-state index contributed by atoms with van der Waals surface area (Å²) in [5.41, 5.74) is 12.2. The van der Waals surface area contributed by atoms with Gasteiger partial charge in [0.25, 0.3) is 0 Å². The summed E-state index contributed by atoms with van der Waals surface area (Å²) >= 11 is 0.690. The van der Waals surface area contributed by atoms with Gasteiger partial charge in [-0.15, -0.1) is 11.3 Å². The van der Waals surface area contributed by atoms with Crippen molar-refractivity contribution in [2.45, 2.75) is 19.1 Å². The highest BCUT2D eigenvalue weighted by Gasteiger charge is 2.02. The fourth-order valence-corrected chi connectivity index (χ4v) is 3.07. The quantitative estimate of drug-likeness (QED) is 0.207. The highest BCUT2D eigenvalue weighted by molar-refractivity contribution is 7.98. The molecule has 0 aromatic carbocycles. The third kappa shape index (κ3) is 7.43. The molecule has 0 radical (unpaired) electrons. The van der Waals surface area contributed by atoms with Crippen LogP contribution in [0.2, 0.25) is 0 Å². The van der Waals surface area contributed by atoms with Gasteiger partial charge >= 0.3 is 0 Å². The normalized spacial score (nSPS) is 13.0. The molecule has 1 rings (SSSR count). The minimum Gasteiger partial charge on any atom is -0.754 e. The van der Waals surface area contributed by atoms with Gasteiger partial charge in [-0.3, -0.25) is 4.21 Å². The van der Waals surface area contributed by atoms with E-state index in [2.05, 4.69) is 15.1 Å². The molecule has 0 amide bonds. The van der Waals surface area contributed by atoms with Crippen molar-refractivity contribution >= 4 is 51.2 Å². The maximum Gasteiger partial charge on any atom is 0.212 e. The summed E-state index contributed by atoms with van der Waals surface area (Å²) < 4.78 is 20.5. The molecule has 112 valence electrons. The predicted octanol–water partition coefficient (Wildman–Crippen LogP) is 0.431. The van der Waals surface area contributed by atoms with Crippen LogP contribution in [0.3, 0.4) is 0 Å². The fourth-order valence-electron chi connectivity index (χ4n) is 1.09. The number of nitrogens with zero attached hydrogens (tertiary/aromatic N) is 3. The van der Waals surface area contributed by atoms with Crippen LogP contribution in [0.15, 0.2) is 15.5 Å². The molecule has 0 spiro atoms. The molecular formula is C9H15N6O2S3-. The molecule has 0 aliphatic carbocycles. The number of hydrazone groups is 1. The van der Waals surface area contributed by atoms with Gasteiger partial charge in [0.15, 0.2) is 5.96 Å². The van der Waals surface area contributed by atoms with E-state index in [9.17, 15) is 8.76 Å². The van der Waals surface area contributed by atoms with Crippen LogP contribution in [-0.2, 0) is 17.0 Å². The first-order chi connectivity index (χ1) is 9.47. The van der Waals surface area contributed by atoms with E-state index >= 15 is 0 Å². The van der Waals surface area contributed by atoms with Crippen LogP contribution in [0.1, 0.15) is 19.0 Å². The summed E-state index contributed by atoms with van der Waals surface area (Å²) in [7, 11) is 0. The van der Waals surface area contributed by atoms with Gasteiger partial charge in [0.2, 0.25) is 5.13 Å². The molecule has 0 aliphatic heterocycles. The molecule has 1 aromatic rings. The molecule has 5 N–H and O–H groups in total. The monoisotopic (exact) mass is 335 g/mol. The van der Waals surface area contributed by atoms with Gasteiger partial charge in [-0.2, -0.15) is 21.9 Å². The van der Waals surface area contributed by atoms with Crippen molar-refractivity contribution in [3.8, 4) is 0 Å². The topological polar surface area (TPSA) is 142 Å². The van der Waals surface area contributed by atoms with E-state index in [4.69, 9.17) is 11.5 Å². The van der Waals surface area contributed by atoms with Gasteiger partial charge in [0.05, 0.1) is 17.0 Å². The summed E-state index contributed by atoms with van der Waals surface area (Å²) in [4.78, 5) is 10.1. The van der Waals surface area contributed by atoms with Crippen LogP contribution in [0, 0.1) is 0 Å². The summed E-state index contributed by atoms with van der Waals surface area (Å²) in [6.45, 7) is 1.76. The average Bonchev–Trinajstić information content (AvgIpc) is 2.79. The van der Waals surface area contributed by atoms with Crippen molar-refractivity contribution in [2.24, 2.45) is 21.6 Å². The highest BCUT2D eigenvalue weighted by atomic mass is 32.2. The molecule has 20 heavy (non-hydrogen) atoms. The lowest BCUT2D eigenvalue weighted by Gasteiger charge is -2.04. The first kappa shape index (κ1) is 16.9. The largest absolute Gasteiger partial charge is 0.754 e. The Morgan fingerprint density at radius 1 is 1.65 bits per heavy atom. The highest BCUT2D eigenvalue weighted by Crippen LogP contribution is 2.21. The number of guanidine groups is 1. The van der Waals surface area contributed by atoms with E-state index in [0.717, 1.165) is 22.9 Å². The molecule has 0 aliphatic rings. The third-order valence-electron chi connectivity index (χ3n) is 1.93. The van der Waals surface area contributed by atoms with Crippen LogP contribution < -0.4 is 16.3 Å². The zero-order valence-electron chi connectivity index (χ0n) is 10.7. The third-order valence-corrected chi connectivity index (χ3v) is 3.95. The molecule has 0 saturated carbocycles. The number of nitrogens with one attached hydrogen (secondary N) is 1. The Morgan fingerprint density at radius 3 is 3.05 bits per heavy atom. The average molecular weight is 335 g/mol. The molecular weight excluding hydrogens is 320 g/mol. The van der Waals surface area contributed by atoms with Crippen molar-refractivity contribution in [1.29, 1.82) is 0 Å². The lowest BCUT2D eigenvalue weighted by Crippen LogP contribution is -2.21. The first-order valence-electron chi connectivity index (χ1n) is 5.47. The van der Waals surface area contributed by atoms with Crippen molar-refractivity contribution in [3.63, 3.8) is 0 Å². The van der Waals surface area contributed by atoms with Crippen LogP contribution >= 0.6 is 23.1 Å². The predicted molar refractivity (Wildman–Crippen MR) is 83.5 cm³/mol. The molecule has 1 unspecified atom stereocenters. The van der Waals surface area contributed by atoms with E-state index < -0.39 is 11.3 Å². The number of nitrogens with two attached hydrogens (primary N) is 2. The Labute approximate surface area is 127 Å². The Balaban J connectivity index is 2.27. The van der Waals surface area contributed by atoms with Crippen LogP contribution in [0.25, 0.3) is 0 Å². The number of rotatable bonds is 8. The number of thiazole rings is 1. The van der Waals surface area contributed by atoms with E-state index in [1.807, 2.05) is 10.2 Å². The minimum atomic E-state index is -2.36. The molecule has 0 saturated heterocycles. The van der Waals surface area contributed by atoms with Gasteiger partial charge < -0.3 is 16.0 Å². The van der Waals surface area contributed by atoms with Crippen LogP contribution in [0.4, 0.5) is 5.13 Å². The van der Waals surface area contributed by atoms with Crippen molar-refractivity contribution in [1.82, 2.24) is 9.82 Å². The summed E-state index contributed by atoms with van der Waals surface area (Å²) in [6.07, 6.45) is 0.694. The van der Waals surface area contributed by atoms with Gasteiger partial charge in [-0.05, 0) is 19.1 Å². The smallest absolute Gasteiger partial charge is 0.212 e. The number of aliphatic imine (C=N–C) groups is 1. The number of aromatic nitrogens is 1. The second-order valence-electron chi connectivity index (χ2n) is 3.63. The maximum atomic E-state index is 10.2. The van der Waals surface area contributed by atoms with Gasteiger partial charge in [-0.25, -0.2) is 9.82 Å². The number of thioether (sulfide) groups is 1. The molecule has 1 atom stereocenters. The Bertz CT molecular complexity index is 512. The molecule has 0 fully saturated rings. The lowest BCUT2D eigenvalue weighted by molar-refractivity contribution is 0.525. The zero-order chi connectivity index (χ0) is 15.0. The Kier molecular flexibility index (Phi) is 7.51. The minimum absolute atomic E-state index is 0.00588. The lowest BCUT2D eigenvalue weighted by atomic mass is 10.3. The number of hydrogen-bond donors (Lipinski definition) is 3. The fraction of sp³-hybridized carbons (Fsp3) is 0.444. The van der Waals surface area contributed by atoms with E-state index in [0.29, 0.717) is 11.6 Å². The summed E-state index contributed by atoms with van der Waals surface area (Å²) in [5.74, 6) is 1.55. The second-order valence-corrected chi connectivity index (χ2v) is 6.23. The Hall–Kier alpha value is -1.17. The molecule has 11 heteroatoms. The van der Waals surface area contributed by atoms with Crippen molar-refractivity contribution in [2.75, 3.05) is 5.75 Å². The van der Waals surface area contributed by atoms with Crippen molar-refractivity contribution < 1.29 is 8.76 Å². The molecule has 1 heterocycles. The molecule has 1 aromatic heterocycles. The molecule has 0 bridgehead atoms. The van der Waals surface area contributed by atoms with E-state index in [-0.39, 0.29) is 5.96 Å². The molecule has 8 nitrogen and oxygen atoms in total. The van der Waals surface area contributed by atoms with E-state index in [1.54, 1.807) is 18.7 Å². The van der Waals surface area contributed by atoms with Crippen LogP contribution in [-0.4, -0.2) is 31.2 Å². The van der Waals surface area contributed by atoms with E-state index in [1.165, 1.54) is 11.3 Å². The standard InChI is InChI=1S/C9H16N6O2S3/c1-6(14-15-20(16)17)2-3-18-4-7-5-19-9(12-7)13-8(10)11/h5,15H,2-4H2,1H3,(H,16,17)(H4,10,11,12,13)/p-1/b14-6-. The van der Waals surface area contributed by atoms with Gasteiger partial charge in [0.1, 0.15) is 0 Å². The Morgan fingerprint density at radius 2 is 2.40 bits per heavy atom. The maximum absolute atomic E-state index is 10.2.